The number of H-pyrrole nitrogens is 1. The zero-order valence-corrected chi connectivity index (χ0v) is 15.7. The van der Waals surface area contributed by atoms with Crippen LogP contribution in [0.4, 0.5) is 13.2 Å². The number of nitrogens with zero attached hydrogens (tertiary/aromatic N) is 2. The quantitative estimate of drug-likeness (QED) is 0.626. The molecular weight excluding hydrogens is 407 g/mol. The van der Waals surface area contributed by atoms with E-state index in [0.717, 1.165) is 12.1 Å². The number of aromatic nitrogens is 2. The van der Waals surface area contributed by atoms with Crippen molar-refractivity contribution in [3.63, 3.8) is 0 Å². The number of benzene rings is 2. The van der Waals surface area contributed by atoms with Crippen molar-refractivity contribution in [2.75, 3.05) is 0 Å². The Bertz CT molecular complexity index is 1170. The van der Waals surface area contributed by atoms with Gasteiger partial charge in [0.1, 0.15) is 5.75 Å². The first-order valence-electron chi connectivity index (χ1n) is 8.31. The van der Waals surface area contributed by atoms with Crippen LogP contribution < -0.4 is 10.3 Å². The van der Waals surface area contributed by atoms with Crippen LogP contribution in [0.25, 0.3) is 0 Å². The van der Waals surface area contributed by atoms with Gasteiger partial charge in [-0.2, -0.15) is 10.4 Å². The molecule has 0 fully saturated rings. The maximum Gasteiger partial charge on any atom is 0.267 e. The fourth-order valence-electron chi connectivity index (χ4n) is 2.64. The Morgan fingerprint density at radius 3 is 2.69 bits per heavy atom. The molecule has 0 amide bonds. The molecule has 0 aliphatic heterocycles. The Labute approximate surface area is 168 Å². The highest BCUT2D eigenvalue weighted by molar-refractivity contribution is 6.32. The maximum absolute atomic E-state index is 15.0. The summed E-state index contributed by atoms with van der Waals surface area (Å²) in [4.78, 5) is 11.4. The van der Waals surface area contributed by atoms with Crippen LogP contribution in [-0.4, -0.2) is 10.2 Å². The van der Waals surface area contributed by atoms with Gasteiger partial charge >= 0.3 is 0 Å². The van der Waals surface area contributed by atoms with Crippen molar-refractivity contribution in [1.29, 1.82) is 5.26 Å². The van der Waals surface area contributed by atoms with Gasteiger partial charge in [-0.15, -0.1) is 0 Å². The van der Waals surface area contributed by atoms with E-state index in [9.17, 15) is 13.6 Å². The minimum atomic E-state index is -2.83. The molecule has 9 heteroatoms. The number of nitriles is 1. The minimum absolute atomic E-state index is 0.0392. The first-order chi connectivity index (χ1) is 13.8. The number of aromatic amines is 1. The molecule has 1 heterocycles. The number of rotatable bonds is 5. The van der Waals surface area contributed by atoms with E-state index in [-0.39, 0.29) is 39.6 Å². The van der Waals surface area contributed by atoms with Crippen molar-refractivity contribution in [3.05, 3.63) is 85.5 Å². The van der Waals surface area contributed by atoms with Crippen LogP contribution in [0.2, 0.25) is 5.02 Å². The third-order valence-electron chi connectivity index (χ3n) is 4.07. The van der Waals surface area contributed by atoms with Crippen molar-refractivity contribution < 1.29 is 17.9 Å². The second-order valence-corrected chi connectivity index (χ2v) is 6.61. The van der Waals surface area contributed by atoms with Crippen LogP contribution in [-0.2, 0) is 6.42 Å². The molecule has 3 aromatic rings. The molecule has 0 spiro atoms. The van der Waals surface area contributed by atoms with Crippen LogP contribution in [0.1, 0.15) is 34.4 Å². The summed E-state index contributed by atoms with van der Waals surface area (Å²) < 4.78 is 46.5. The number of halogens is 4. The summed E-state index contributed by atoms with van der Waals surface area (Å²) in [7, 11) is 0. The number of aryl methyl sites for hydroxylation is 1. The molecule has 1 aromatic heterocycles. The van der Waals surface area contributed by atoms with Gasteiger partial charge in [-0.25, -0.2) is 18.3 Å². The van der Waals surface area contributed by atoms with Crippen LogP contribution in [0, 0.1) is 24.1 Å². The van der Waals surface area contributed by atoms with E-state index in [2.05, 4.69) is 10.2 Å². The highest BCUT2D eigenvalue weighted by atomic mass is 35.5. The highest BCUT2D eigenvalue weighted by Gasteiger charge is 2.18. The molecule has 0 atom stereocenters. The molecule has 0 unspecified atom stereocenters. The molecule has 0 aliphatic carbocycles. The molecule has 2 aromatic carbocycles. The van der Waals surface area contributed by atoms with Gasteiger partial charge in [-0.1, -0.05) is 17.7 Å². The minimum Gasteiger partial charge on any atom is -0.453 e. The summed E-state index contributed by atoms with van der Waals surface area (Å²) in [5.74, 6) is -1.31. The van der Waals surface area contributed by atoms with Crippen LogP contribution in [0.5, 0.6) is 11.5 Å². The largest absolute Gasteiger partial charge is 0.453 e. The number of hydrogen-bond donors (Lipinski definition) is 1. The Kier molecular flexibility index (Phi) is 5.89. The summed E-state index contributed by atoms with van der Waals surface area (Å²) in [5, 5.41) is 15.1. The molecule has 0 bridgehead atoms. The standard InChI is InChI=1S/C20H13ClF3N3O2/c1-10-4-14(26-27-20(10)28)7-12-2-3-16(21)18(17(12)22)29-15-6-11(9-25)5-13(8-15)19(23)24/h2-6,8,19H,7H2,1H3,(H,27,28). The topological polar surface area (TPSA) is 78.8 Å². The normalized spacial score (nSPS) is 10.8. The second kappa shape index (κ2) is 8.37. The van der Waals surface area contributed by atoms with Crippen LogP contribution in [0.3, 0.4) is 0 Å². The average Bonchev–Trinajstić information content (AvgIpc) is 2.69. The van der Waals surface area contributed by atoms with Gasteiger partial charge in [0, 0.05) is 17.5 Å². The number of ether oxygens (including phenoxy) is 1. The first kappa shape index (κ1) is 20.4. The van der Waals surface area contributed by atoms with Gasteiger partial charge in [0.25, 0.3) is 12.0 Å². The van der Waals surface area contributed by atoms with Crippen LogP contribution in [0.15, 0.2) is 41.2 Å². The molecule has 29 heavy (non-hydrogen) atoms. The Morgan fingerprint density at radius 2 is 2.03 bits per heavy atom. The number of hydrogen-bond acceptors (Lipinski definition) is 4. The predicted octanol–water partition coefficient (Wildman–Crippen LogP) is 5.06. The lowest BCUT2D eigenvalue weighted by molar-refractivity contribution is 0.151. The SMILES string of the molecule is Cc1cc(Cc2ccc(Cl)c(Oc3cc(C#N)cc(C(F)F)c3)c2F)n[nH]c1=O. The van der Waals surface area contributed by atoms with Crippen molar-refractivity contribution in [3.8, 4) is 17.6 Å². The Morgan fingerprint density at radius 1 is 1.28 bits per heavy atom. The maximum atomic E-state index is 15.0. The average molecular weight is 420 g/mol. The molecule has 3 rings (SSSR count). The molecule has 148 valence electrons. The molecule has 0 saturated heterocycles. The fourth-order valence-corrected chi connectivity index (χ4v) is 2.82. The van der Waals surface area contributed by atoms with Gasteiger partial charge in [0.2, 0.25) is 0 Å². The lowest BCUT2D eigenvalue weighted by Gasteiger charge is -2.13. The van der Waals surface area contributed by atoms with Gasteiger partial charge in [0.15, 0.2) is 11.6 Å². The summed E-state index contributed by atoms with van der Waals surface area (Å²) >= 11 is 6.04. The lowest BCUT2D eigenvalue weighted by Crippen LogP contribution is -2.13. The first-order valence-corrected chi connectivity index (χ1v) is 8.69. The van der Waals surface area contributed by atoms with E-state index in [4.69, 9.17) is 21.6 Å². The van der Waals surface area contributed by atoms with Crippen molar-refractivity contribution in [2.45, 2.75) is 19.8 Å². The van der Waals surface area contributed by atoms with E-state index in [1.54, 1.807) is 13.0 Å². The second-order valence-electron chi connectivity index (χ2n) is 6.20. The van der Waals surface area contributed by atoms with E-state index < -0.39 is 17.8 Å². The number of nitrogens with one attached hydrogen (secondary N) is 1. The van der Waals surface area contributed by atoms with Gasteiger partial charge in [-0.05, 0) is 42.8 Å². The summed E-state index contributed by atoms with van der Waals surface area (Å²) in [6.07, 6.45) is -2.79. The zero-order valence-electron chi connectivity index (χ0n) is 15.0. The Hall–Kier alpha value is -3.31. The molecule has 0 saturated carbocycles. The van der Waals surface area contributed by atoms with Crippen LogP contribution >= 0.6 is 11.6 Å². The third-order valence-corrected chi connectivity index (χ3v) is 4.37. The third kappa shape index (κ3) is 4.58. The molecular formula is C20H13ClF3N3O2. The van der Waals surface area contributed by atoms with Gasteiger partial charge < -0.3 is 4.74 Å². The highest BCUT2D eigenvalue weighted by Crippen LogP contribution is 2.36. The van der Waals surface area contributed by atoms with Gasteiger partial charge in [0.05, 0.1) is 22.3 Å². The molecule has 5 nitrogen and oxygen atoms in total. The monoisotopic (exact) mass is 419 g/mol. The van der Waals surface area contributed by atoms with E-state index in [1.165, 1.54) is 24.3 Å². The Balaban J connectivity index is 1.97. The van der Waals surface area contributed by atoms with E-state index in [0.29, 0.717) is 11.3 Å². The van der Waals surface area contributed by atoms with Crippen molar-refractivity contribution in [1.82, 2.24) is 10.2 Å². The van der Waals surface area contributed by atoms with Gasteiger partial charge in [-0.3, -0.25) is 4.79 Å². The predicted molar refractivity (Wildman–Crippen MR) is 100.0 cm³/mol. The summed E-state index contributed by atoms with van der Waals surface area (Å²) in [6, 6.07) is 9.36. The fraction of sp³-hybridized carbons (Fsp3) is 0.150. The summed E-state index contributed by atoms with van der Waals surface area (Å²) in [6.45, 7) is 1.60. The van der Waals surface area contributed by atoms with Crippen molar-refractivity contribution in [2.24, 2.45) is 0 Å². The number of alkyl halides is 2. The van der Waals surface area contributed by atoms with E-state index >= 15 is 4.39 Å². The lowest BCUT2D eigenvalue weighted by atomic mass is 10.1. The zero-order chi connectivity index (χ0) is 21.1. The van der Waals surface area contributed by atoms with Crippen molar-refractivity contribution >= 4 is 11.6 Å². The molecule has 1 N–H and O–H groups in total. The smallest absolute Gasteiger partial charge is 0.267 e. The molecule has 0 aliphatic rings. The summed E-state index contributed by atoms with van der Waals surface area (Å²) in [5.41, 5.74) is 0.183. The van der Waals surface area contributed by atoms with E-state index in [1.807, 2.05) is 0 Å². The molecule has 0 radical (unpaired) electrons.